The quantitative estimate of drug-likeness (QED) is 0.165. The van der Waals surface area contributed by atoms with Crippen molar-refractivity contribution >= 4 is 29.6 Å². The van der Waals surface area contributed by atoms with Gasteiger partial charge < -0.3 is 31.7 Å². The SMILES string of the molecule is CC(C)C[C@H](C(=O)O)N(C)C(=O)[C@H](NC(=O)[C@H](NC(=O)[C@H](NC(=O)[C@H](N)C1CCCCC1)C1CCc2ccccc21)C1CCCCC1)C1CCCCC1. The molecule has 3 saturated carbocycles. The Hall–Kier alpha value is -3.47. The molecule has 4 aliphatic rings. The zero-order chi connectivity index (χ0) is 38.1. The van der Waals surface area contributed by atoms with E-state index in [9.17, 15) is 29.1 Å². The van der Waals surface area contributed by atoms with Crippen LogP contribution in [0.15, 0.2) is 24.3 Å². The summed E-state index contributed by atoms with van der Waals surface area (Å²) in [6.45, 7) is 3.85. The Balaban J connectivity index is 1.41. The van der Waals surface area contributed by atoms with E-state index >= 15 is 0 Å². The summed E-state index contributed by atoms with van der Waals surface area (Å²) >= 11 is 0. The summed E-state index contributed by atoms with van der Waals surface area (Å²) in [5, 5.41) is 19.4. The number of nitrogens with two attached hydrogens (primary N) is 1. The number of carbonyl (C=O) groups is 5. The number of carbonyl (C=O) groups excluding carboxylic acids is 4. The smallest absolute Gasteiger partial charge is 0.326 e. The number of hydrogen-bond donors (Lipinski definition) is 5. The number of fused-ring (bicyclic) bond motifs is 1. The zero-order valence-electron chi connectivity index (χ0n) is 32.3. The maximum absolute atomic E-state index is 14.6. The van der Waals surface area contributed by atoms with Crippen LogP contribution in [0.3, 0.4) is 0 Å². The lowest BCUT2D eigenvalue weighted by Crippen LogP contribution is -2.62. The molecule has 6 atom stereocenters. The summed E-state index contributed by atoms with van der Waals surface area (Å²) in [5.41, 5.74) is 8.74. The van der Waals surface area contributed by atoms with Crippen molar-refractivity contribution in [3.05, 3.63) is 35.4 Å². The van der Waals surface area contributed by atoms with Gasteiger partial charge in [-0.05, 0) is 92.6 Å². The number of nitrogens with zero attached hydrogens (tertiary/aromatic N) is 1. The zero-order valence-corrected chi connectivity index (χ0v) is 32.3. The van der Waals surface area contributed by atoms with Gasteiger partial charge in [-0.2, -0.15) is 0 Å². The molecule has 0 radical (unpaired) electrons. The van der Waals surface area contributed by atoms with Gasteiger partial charge in [0, 0.05) is 13.0 Å². The standard InChI is InChI=1S/C42H65N5O6/c1-26(2)25-33(42(52)53)47(3)41(51)36(30-20-11-6-12-21-30)45-39(49)35(29-18-9-5-10-19-29)44-40(50)37(32-24-23-27-15-13-14-22-31(27)32)46-38(48)34(43)28-16-7-4-8-17-28/h13-15,22,26,28-30,32-37H,4-12,16-21,23-25,43H2,1-3H3,(H,44,50)(H,45,49)(H,46,48)(H,52,53)/t32?,33-,34-,35-,36-,37-/m1/s1. The number of rotatable bonds is 15. The van der Waals surface area contributed by atoms with Crippen molar-refractivity contribution in [1.82, 2.24) is 20.9 Å². The molecule has 6 N–H and O–H groups in total. The molecular formula is C42H65N5O6. The Labute approximate surface area is 316 Å². The van der Waals surface area contributed by atoms with Crippen molar-refractivity contribution in [2.45, 2.75) is 166 Å². The van der Waals surface area contributed by atoms with Crippen LogP contribution >= 0.6 is 0 Å². The second-order valence-electron chi connectivity index (χ2n) is 17.0. The number of carboxylic acids is 1. The molecule has 4 aliphatic carbocycles. The first-order chi connectivity index (χ1) is 25.5. The summed E-state index contributed by atoms with van der Waals surface area (Å²) in [6.07, 6.45) is 15.6. The maximum atomic E-state index is 14.6. The monoisotopic (exact) mass is 735 g/mol. The summed E-state index contributed by atoms with van der Waals surface area (Å²) in [7, 11) is 1.52. The normalized spacial score (nSPS) is 22.8. The number of hydrogen-bond acceptors (Lipinski definition) is 6. The van der Waals surface area contributed by atoms with Gasteiger partial charge in [0.25, 0.3) is 0 Å². The van der Waals surface area contributed by atoms with Crippen LogP contribution in [0.25, 0.3) is 0 Å². The predicted molar refractivity (Wildman–Crippen MR) is 205 cm³/mol. The van der Waals surface area contributed by atoms with E-state index in [1.54, 1.807) is 0 Å². The van der Waals surface area contributed by atoms with Gasteiger partial charge in [-0.25, -0.2) is 4.79 Å². The molecule has 0 heterocycles. The van der Waals surface area contributed by atoms with Gasteiger partial charge in [0.05, 0.1) is 6.04 Å². The van der Waals surface area contributed by atoms with E-state index in [2.05, 4.69) is 22.0 Å². The fourth-order valence-corrected chi connectivity index (χ4v) is 9.69. The molecule has 0 aliphatic heterocycles. The highest BCUT2D eigenvalue weighted by Gasteiger charge is 2.43. The fourth-order valence-electron chi connectivity index (χ4n) is 9.69. The molecule has 1 aromatic carbocycles. The van der Waals surface area contributed by atoms with Gasteiger partial charge in [-0.1, -0.05) is 95.9 Å². The maximum Gasteiger partial charge on any atom is 0.326 e. The molecule has 53 heavy (non-hydrogen) atoms. The van der Waals surface area contributed by atoms with Crippen molar-refractivity contribution in [1.29, 1.82) is 0 Å². The first kappa shape index (κ1) is 40.7. The number of carboxylic acid groups (broad SMARTS) is 1. The van der Waals surface area contributed by atoms with Crippen molar-refractivity contribution < 1.29 is 29.1 Å². The molecule has 11 nitrogen and oxygen atoms in total. The van der Waals surface area contributed by atoms with Crippen molar-refractivity contribution in [2.24, 2.45) is 29.4 Å². The van der Waals surface area contributed by atoms with Gasteiger partial charge >= 0.3 is 5.97 Å². The minimum Gasteiger partial charge on any atom is -0.480 e. The lowest BCUT2D eigenvalue weighted by Gasteiger charge is -2.37. The molecule has 1 aromatic rings. The van der Waals surface area contributed by atoms with Crippen LogP contribution < -0.4 is 21.7 Å². The number of likely N-dealkylation sites (N-methyl/N-ethyl adjacent to an activating group) is 1. The second-order valence-corrected chi connectivity index (χ2v) is 17.0. The highest BCUT2D eigenvalue weighted by Crippen LogP contribution is 2.37. The number of amides is 4. The van der Waals surface area contributed by atoms with E-state index < -0.39 is 53.9 Å². The molecule has 5 rings (SSSR count). The first-order valence-corrected chi connectivity index (χ1v) is 20.7. The van der Waals surface area contributed by atoms with Gasteiger partial charge in [-0.15, -0.1) is 0 Å². The molecule has 4 amide bonds. The molecule has 11 heteroatoms. The molecule has 294 valence electrons. The predicted octanol–water partition coefficient (Wildman–Crippen LogP) is 5.20. The van der Waals surface area contributed by atoms with E-state index in [4.69, 9.17) is 5.73 Å². The van der Waals surface area contributed by atoms with Crippen molar-refractivity contribution in [2.75, 3.05) is 7.05 Å². The van der Waals surface area contributed by atoms with Crippen LogP contribution in [0.4, 0.5) is 0 Å². The van der Waals surface area contributed by atoms with Crippen molar-refractivity contribution in [3.8, 4) is 0 Å². The first-order valence-electron chi connectivity index (χ1n) is 20.7. The van der Waals surface area contributed by atoms with Crippen LogP contribution in [0, 0.1) is 23.7 Å². The molecule has 0 aromatic heterocycles. The number of aliphatic carboxylic acids is 1. The van der Waals surface area contributed by atoms with E-state index in [-0.39, 0.29) is 35.5 Å². The Bertz CT molecular complexity index is 1420. The molecule has 0 saturated heterocycles. The summed E-state index contributed by atoms with van der Waals surface area (Å²) in [6, 6.07) is 3.54. The Kier molecular flexibility index (Phi) is 14.8. The van der Waals surface area contributed by atoms with Gasteiger partial charge in [0.1, 0.15) is 24.2 Å². The average molecular weight is 736 g/mol. The van der Waals surface area contributed by atoms with Crippen LogP contribution in [0.1, 0.15) is 140 Å². The van der Waals surface area contributed by atoms with Gasteiger partial charge in [0.2, 0.25) is 23.6 Å². The van der Waals surface area contributed by atoms with E-state index in [0.29, 0.717) is 12.8 Å². The second kappa shape index (κ2) is 19.2. The lowest BCUT2D eigenvalue weighted by molar-refractivity contribution is -0.152. The summed E-state index contributed by atoms with van der Waals surface area (Å²) in [4.78, 5) is 70.9. The van der Waals surface area contributed by atoms with Gasteiger partial charge in [-0.3, -0.25) is 19.2 Å². The number of aryl methyl sites for hydroxylation is 1. The van der Waals surface area contributed by atoms with Gasteiger partial charge in [0.15, 0.2) is 0 Å². The average Bonchev–Trinajstić information content (AvgIpc) is 3.60. The van der Waals surface area contributed by atoms with Crippen LogP contribution in [0.5, 0.6) is 0 Å². The Morgan fingerprint density at radius 3 is 1.75 bits per heavy atom. The van der Waals surface area contributed by atoms with Crippen LogP contribution in [-0.2, 0) is 30.4 Å². The number of nitrogens with one attached hydrogen (secondary N) is 3. The molecule has 1 unspecified atom stereocenters. The third kappa shape index (κ3) is 10.4. The topological polar surface area (TPSA) is 171 Å². The minimum atomic E-state index is -1.07. The Morgan fingerprint density at radius 2 is 1.19 bits per heavy atom. The molecule has 3 fully saturated rings. The fraction of sp³-hybridized carbons (Fsp3) is 0.738. The number of benzene rings is 1. The third-order valence-corrected chi connectivity index (χ3v) is 12.8. The molecular weight excluding hydrogens is 670 g/mol. The lowest BCUT2D eigenvalue weighted by atomic mass is 9.81. The summed E-state index contributed by atoms with van der Waals surface area (Å²) in [5.74, 6) is -3.08. The highest BCUT2D eigenvalue weighted by atomic mass is 16.4. The largest absolute Gasteiger partial charge is 0.480 e. The van der Waals surface area contributed by atoms with E-state index in [0.717, 1.165) is 114 Å². The minimum absolute atomic E-state index is 0.0532. The van der Waals surface area contributed by atoms with Crippen LogP contribution in [-0.4, -0.2) is 76.9 Å². The Morgan fingerprint density at radius 1 is 0.698 bits per heavy atom. The third-order valence-electron chi connectivity index (χ3n) is 12.8. The van der Waals surface area contributed by atoms with Crippen LogP contribution in [0.2, 0.25) is 0 Å². The summed E-state index contributed by atoms with van der Waals surface area (Å²) < 4.78 is 0. The van der Waals surface area contributed by atoms with Crippen molar-refractivity contribution in [3.63, 3.8) is 0 Å². The van der Waals surface area contributed by atoms with E-state index in [1.807, 2.05) is 32.0 Å². The molecule has 0 spiro atoms. The van der Waals surface area contributed by atoms with E-state index in [1.165, 1.54) is 11.9 Å². The molecule has 0 bridgehead atoms. The highest BCUT2D eigenvalue weighted by molar-refractivity contribution is 5.96.